The number of nitrogens with zero attached hydrogens (tertiary/aromatic N) is 3. The van der Waals surface area contributed by atoms with E-state index in [1.165, 1.54) is 24.2 Å². The van der Waals surface area contributed by atoms with Crippen LogP contribution in [0.25, 0.3) is 10.9 Å². The van der Waals surface area contributed by atoms with E-state index in [2.05, 4.69) is 22.4 Å². The Morgan fingerprint density at radius 2 is 2.09 bits per heavy atom. The maximum absolute atomic E-state index is 12.5. The van der Waals surface area contributed by atoms with Gasteiger partial charge in [0.25, 0.3) is 5.91 Å². The summed E-state index contributed by atoms with van der Waals surface area (Å²) >= 11 is 1.46. The Hall–Kier alpha value is -2.21. The lowest BCUT2D eigenvalue weighted by Gasteiger charge is -2.03. The van der Waals surface area contributed by atoms with Crippen molar-refractivity contribution in [3.63, 3.8) is 0 Å². The highest BCUT2D eigenvalue weighted by molar-refractivity contribution is 7.15. The van der Waals surface area contributed by atoms with Crippen LogP contribution in [0.2, 0.25) is 0 Å². The fourth-order valence-electron chi connectivity index (χ4n) is 2.60. The molecule has 0 fully saturated rings. The molecule has 6 heteroatoms. The Morgan fingerprint density at radius 3 is 2.87 bits per heavy atom. The Kier molecular flexibility index (Phi) is 4.71. The van der Waals surface area contributed by atoms with Gasteiger partial charge in [-0.3, -0.25) is 10.1 Å². The molecule has 0 aliphatic carbocycles. The fraction of sp³-hybridized carbons (Fsp3) is 0.353. The number of carbonyl (C=O) groups is 1. The molecular weight excluding hydrogens is 308 g/mol. The largest absolute Gasteiger partial charge is 0.340 e. The van der Waals surface area contributed by atoms with Crippen molar-refractivity contribution >= 4 is 33.3 Å². The molecule has 1 N–H and O–H groups in total. The molecule has 5 nitrogen and oxygen atoms in total. The fourth-order valence-corrected chi connectivity index (χ4v) is 3.38. The zero-order chi connectivity index (χ0) is 16.2. The lowest BCUT2D eigenvalue weighted by Crippen LogP contribution is -2.15. The quantitative estimate of drug-likeness (QED) is 0.695. The van der Waals surface area contributed by atoms with Crippen LogP contribution in [0.3, 0.4) is 0 Å². The zero-order valence-corrected chi connectivity index (χ0v) is 14.2. The molecule has 0 radical (unpaired) electrons. The molecule has 0 aliphatic rings. The number of unbranched alkanes of at least 4 members (excludes halogenated alkanes) is 2. The van der Waals surface area contributed by atoms with Crippen molar-refractivity contribution in [2.45, 2.75) is 32.6 Å². The molecule has 23 heavy (non-hydrogen) atoms. The maximum Gasteiger partial charge on any atom is 0.274 e. The van der Waals surface area contributed by atoms with E-state index in [4.69, 9.17) is 0 Å². The minimum absolute atomic E-state index is 0.153. The van der Waals surface area contributed by atoms with E-state index in [1.807, 2.05) is 41.9 Å². The molecule has 3 aromatic rings. The number of nitrogens with one attached hydrogen (secondary N) is 1. The van der Waals surface area contributed by atoms with Gasteiger partial charge in [-0.15, -0.1) is 10.2 Å². The minimum atomic E-state index is -0.153. The first-order valence-corrected chi connectivity index (χ1v) is 8.69. The van der Waals surface area contributed by atoms with Crippen LogP contribution in [0.4, 0.5) is 5.13 Å². The van der Waals surface area contributed by atoms with Crippen molar-refractivity contribution in [2.24, 2.45) is 7.05 Å². The summed E-state index contributed by atoms with van der Waals surface area (Å²) in [7, 11) is 1.90. The maximum atomic E-state index is 12.5. The third-order valence-corrected chi connectivity index (χ3v) is 4.76. The molecule has 1 amide bonds. The van der Waals surface area contributed by atoms with Crippen LogP contribution < -0.4 is 5.32 Å². The second kappa shape index (κ2) is 6.91. The summed E-state index contributed by atoms with van der Waals surface area (Å²) in [5, 5.41) is 13.7. The number of hydrogen-bond donors (Lipinski definition) is 1. The Balaban J connectivity index is 1.72. The number of amides is 1. The second-order valence-corrected chi connectivity index (χ2v) is 6.62. The first-order valence-electron chi connectivity index (χ1n) is 7.87. The lowest BCUT2D eigenvalue weighted by molar-refractivity contribution is 0.101. The van der Waals surface area contributed by atoms with E-state index < -0.39 is 0 Å². The average molecular weight is 328 g/mol. The predicted molar refractivity (Wildman–Crippen MR) is 94.0 cm³/mol. The number of fused-ring (bicyclic) bond motifs is 1. The van der Waals surface area contributed by atoms with E-state index in [0.29, 0.717) is 10.8 Å². The van der Waals surface area contributed by atoms with Gasteiger partial charge in [0, 0.05) is 24.4 Å². The lowest BCUT2D eigenvalue weighted by atomic mass is 10.2. The normalized spacial score (nSPS) is 11.0. The SMILES string of the molecule is CCCCCc1nnc(NC(=O)c2cc3ccccc3n2C)s1. The Labute approximate surface area is 139 Å². The number of aryl methyl sites for hydroxylation is 2. The molecule has 2 aromatic heterocycles. The van der Waals surface area contributed by atoms with Gasteiger partial charge in [-0.1, -0.05) is 49.3 Å². The summed E-state index contributed by atoms with van der Waals surface area (Å²) in [6, 6.07) is 9.84. The van der Waals surface area contributed by atoms with Gasteiger partial charge in [0.1, 0.15) is 10.7 Å². The van der Waals surface area contributed by atoms with Crippen molar-refractivity contribution in [1.82, 2.24) is 14.8 Å². The molecule has 1 aromatic carbocycles. The second-order valence-electron chi connectivity index (χ2n) is 5.56. The van der Waals surface area contributed by atoms with Crippen LogP contribution in [0.5, 0.6) is 0 Å². The summed E-state index contributed by atoms with van der Waals surface area (Å²) in [6.07, 6.45) is 4.42. The van der Waals surface area contributed by atoms with Crippen LogP contribution in [0.1, 0.15) is 41.7 Å². The molecule has 2 heterocycles. The highest BCUT2D eigenvalue weighted by Crippen LogP contribution is 2.21. The zero-order valence-electron chi connectivity index (χ0n) is 13.4. The standard InChI is InChI=1S/C17H20N4OS/c1-3-4-5-10-15-19-20-17(23-15)18-16(22)14-11-12-8-6-7-9-13(12)21(14)2/h6-9,11H,3-5,10H2,1-2H3,(H,18,20,22). The van der Waals surface area contributed by atoms with Crippen molar-refractivity contribution in [3.8, 4) is 0 Å². The van der Waals surface area contributed by atoms with Crippen LogP contribution >= 0.6 is 11.3 Å². The smallest absolute Gasteiger partial charge is 0.274 e. The van der Waals surface area contributed by atoms with E-state index in [9.17, 15) is 4.79 Å². The topological polar surface area (TPSA) is 59.8 Å². The number of anilines is 1. The summed E-state index contributed by atoms with van der Waals surface area (Å²) < 4.78 is 1.90. The molecule has 3 rings (SSSR count). The van der Waals surface area contributed by atoms with E-state index in [-0.39, 0.29) is 5.91 Å². The van der Waals surface area contributed by atoms with Crippen LogP contribution in [0, 0.1) is 0 Å². The molecular formula is C17H20N4OS. The predicted octanol–water partition coefficient (Wildman–Crippen LogP) is 4.01. The summed E-state index contributed by atoms with van der Waals surface area (Å²) in [5.41, 5.74) is 1.66. The highest BCUT2D eigenvalue weighted by atomic mass is 32.1. The average Bonchev–Trinajstić information content (AvgIpc) is 3.13. The number of benzene rings is 1. The molecule has 0 aliphatic heterocycles. The molecule has 0 bridgehead atoms. The summed E-state index contributed by atoms with van der Waals surface area (Å²) in [5.74, 6) is -0.153. The Morgan fingerprint density at radius 1 is 1.26 bits per heavy atom. The third-order valence-electron chi connectivity index (χ3n) is 3.87. The molecule has 0 saturated carbocycles. The van der Waals surface area contributed by atoms with Gasteiger partial charge in [-0.25, -0.2) is 0 Å². The van der Waals surface area contributed by atoms with Gasteiger partial charge in [-0.2, -0.15) is 0 Å². The number of carbonyl (C=O) groups excluding carboxylic acids is 1. The van der Waals surface area contributed by atoms with Crippen LogP contribution in [-0.4, -0.2) is 20.7 Å². The van der Waals surface area contributed by atoms with Crippen LogP contribution in [-0.2, 0) is 13.5 Å². The van der Waals surface area contributed by atoms with Crippen LogP contribution in [0.15, 0.2) is 30.3 Å². The highest BCUT2D eigenvalue weighted by Gasteiger charge is 2.15. The molecule has 0 saturated heterocycles. The monoisotopic (exact) mass is 328 g/mol. The van der Waals surface area contributed by atoms with Gasteiger partial charge in [0.2, 0.25) is 5.13 Å². The van der Waals surface area contributed by atoms with Crippen molar-refractivity contribution < 1.29 is 4.79 Å². The molecule has 0 atom stereocenters. The summed E-state index contributed by atoms with van der Waals surface area (Å²) in [6.45, 7) is 2.18. The van der Waals surface area contributed by atoms with Gasteiger partial charge in [-0.05, 0) is 18.6 Å². The van der Waals surface area contributed by atoms with E-state index >= 15 is 0 Å². The van der Waals surface area contributed by atoms with Gasteiger partial charge < -0.3 is 4.57 Å². The van der Waals surface area contributed by atoms with E-state index in [0.717, 1.165) is 28.8 Å². The molecule has 120 valence electrons. The van der Waals surface area contributed by atoms with Crippen molar-refractivity contribution in [3.05, 3.63) is 41.0 Å². The van der Waals surface area contributed by atoms with E-state index in [1.54, 1.807) is 0 Å². The van der Waals surface area contributed by atoms with Crippen molar-refractivity contribution in [1.29, 1.82) is 0 Å². The van der Waals surface area contributed by atoms with Gasteiger partial charge in [0.15, 0.2) is 0 Å². The minimum Gasteiger partial charge on any atom is -0.340 e. The first kappa shape index (κ1) is 15.7. The number of aromatic nitrogens is 3. The summed E-state index contributed by atoms with van der Waals surface area (Å²) in [4.78, 5) is 12.5. The van der Waals surface area contributed by atoms with Crippen molar-refractivity contribution in [2.75, 3.05) is 5.32 Å². The first-order chi connectivity index (χ1) is 11.2. The molecule has 0 unspecified atom stereocenters. The number of hydrogen-bond acceptors (Lipinski definition) is 4. The Bertz CT molecular complexity index is 821. The number of rotatable bonds is 6. The third kappa shape index (κ3) is 3.42. The molecule has 0 spiro atoms. The van der Waals surface area contributed by atoms with Gasteiger partial charge >= 0.3 is 0 Å². The number of para-hydroxylation sites is 1. The van der Waals surface area contributed by atoms with Gasteiger partial charge in [0.05, 0.1) is 0 Å².